The van der Waals surface area contributed by atoms with Gasteiger partial charge in [0.15, 0.2) is 0 Å². The van der Waals surface area contributed by atoms with Crippen molar-refractivity contribution in [3.05, 3.63) is 66.4 Å². The molecule has 3 aromatic rings. The van der Waals surface area contributed by atoms with Crippen LogP contribution in [-0.4, -0.2) is 27.7 Å². The summed E-state index contributed by atoms with van der Waals surface area (Å²) in [7, 11) is 1.59. The van der Waals surface area contributed by atoms with E-state index in [4.69, 9.17) is 9.84 Å². The average Bonchev–Trinajstić information content (AvgIpc) is 2.98. The average molecular weight is 326 g/mol. The predicted molar refractivity (Wildman–Crippen MR) is 86.8 cm³/mol. The van der Waals surface area contributed by atoms with Crippen LogP contribution in [0.3, 0.4) is 0 Å². The van der Waals surface area contributed by atoms with E-state index in [-0.39, 0.29) is 12.2 Å². The molecule has 1 heterocycles. The molecule has 0 saturated heterocycles. The van der Waals surface area contributed by atoms with Gasteiger partial charge >= 0.3 is 5.97 Å². The van der Waals surface area contributed by atoms with Crippen LogP contribution in [0.4, 0.5) is 4.39 Å². The molecule has 122 valence electrons. The highest BCUT2D eigenvalue weighted by Crippen LogP contribution is 2.24. The van der Waals surface area contributed by atoms with Crippen molar-refractivity contribution in [2.45, 2.75) is 6.42 Å². The summed E-state index contributed by atoms with van der Waals surface area (Å²) < 4.78 is 19.9. The Kier molecular flexibility index (Phi) is 4.29. The van der Waals surface area contributed by atoms with Gasteiger partial charge in [0.2, 0.25) is 0 Å². The zero-order valence-corrected chi connectivity index (χ0v) is 12.9. The summed E-state index contributed by atoms with van der Waals surface area (Å²) >= 11 is 0. The Labute approximate surface area is 138 Å². The zero-order chi connectivity index (χ0) is 17.1. The molecule has 1 aromatic heterocycles. The third-order valence-corrected chi connectivity index (χ3v) is 3.58. The molecule has 0 aliphatic carbocycles. The number of aromatic nitrogens is 2. The Bertz CT molecular complexity index is 855. The number of carbonyl (C=O) groups is 1. The fraction of sp³-hybridized carbons (Fsp3) is 0.111. The Morgan fingerprint density at radius 1 is 1.17 bits per heavy atom. The van der Waals surface area contributed by atoms with E-state index in [0.717, 1.165) is 11.3 Å². The van der Waals surface area contributed by atoms with Crippen molar-refractivity contribution in [2.75, 3.05) is 7.11 Å². The van der Waals surface area contributed by atoms with Crippen LogP contribution in [0.5, 0.6) is 5.75 Å². The van der Waals surface area contributed by atoms with Crippen LogP contribution in [0.1, 0.15) is 5.82 Å². The van der Waals surface area contributed by atoms with Gasteiger partial charge in [-0.05, 0) is 48.5 Å². The van der Waals surface area contributed by atoms with Crippen LogP contribution in [-0.2, 0) is 11.2 Å². The summed E-state index contributed by atoms with van der Waals surface area (Å²) in [5.74, 6) is -0.235. The Morgan fingerprint density at radius 2 is 1.83 bits per heavy atom. The summed E-state index contributed by atoms with van der Waals surface area (Å²) in [5, 5.41) is 9.10. The number of carboxylic acid groups (broad SMARTS) is 1. The molecule has 3 rings (SSSR count). The minimum Gasteiger partial charge on any atom is -0.497 e. The maximum Gasteiger partial charge on any atom is 0.311 e. The molecule has 0 bridgehead atoms. The molecule has 2 aromatic carbocycles. The van der Waals surface area contributed by atoms with Gasteiger partial charge in [-0.2, -0.15) is 0 Å². The van der Waals surface area contributed by atoms with Gasteiger partial charge in [0.25, 0.3) is 0 Å². The number of nitrogens with zero attached hydrogens (tertiary/aromatic N) is 2. The number of aliphatic carboxylic acids is 1. The lowest BCUT2D eigenvalue weighted by Crippen LogP contribution is -2.07. The molecule has 0 amide bonds. The first-order valence-electron chi connectivity index (χ1n) is 7.27. The van der Waals surface area contributed by atoms with Gasteiger partial charge in [-0.3, -0.25) is 4.79 Å². The number of imidazole rings is 1. The molecule has 1 N–H and O–H groups in total. The zero-order valence-electron chi connectivity index (χ0n) is 12.9. The third-order valence-electron chi connectivity index (χ3n) is 3.58. The van der Waals surface area contributed by atoms with Gasteiger partial charge in [-0.25, -0.2) is 9.37 Å². The first kappa shape index (κ1) is 15.7. The molecule has 6 heteroatoms. The molecule has 0 fully saturated rings. The van der Waals surface area contributed by atoms with Gasteiger partial charge in [-0.15, -0.1) is 0 Å². The van der Waals surface area contributed by atoms with E-state index in [1.807, 2.05) is 24.3 Å². The van der Waals surface area contributed by atoms with E-state index < -0.39 is 5.97 Å². The second-order valence-corrected chi connectivity index (χ2v) is 5.19. The number of methoxy groups -OCH3 is 1. The van der Waals surface area contributed by atoms with Crippen LogP contribution in [0.15, 0.2) is 54.7 Å². The van der Waals surface area contributed by atoms with Gasteiger partial charge in [0.05, 0.1) is 12.8 Å². The number of hydrogen-bond donors (Lipinski definition) is 1. The lowest BCUT2D eigenvalue weighted by Gasteiger charge is -2.05. The molecule has 0 aliphatic rings. The lowest BCUT2D eigenvalue weighted by molar-refractivity contribution is -0.136. The molecule has 24 heavy (non-hydrogen) atoms. The number of ether oxygens (including phenoxy) is 1. The summed E-state index contributed by atoms with van der Waals surface area (Å²) in [6.07, 6.45) is 1.51. The van der Waals surface area contributed by atoms with Crippen molar-refractivity contribution in [1.29, 1.82) is 0 Å². The van der Waals surface area contributed by atoms with Crippen LogP contribution in [0, 0.1) is 5.82 Å². The Morgan fingerprint density at radius 3 is 2.42 bits per heavy atom. The fourth-order valence-electron chi connectivity index (χ4n) is 2.40. The quantitative estimate of drug-likeness (QED) is 0.781. The van der Waals surface area contributed by atoms with Crippen LogP contribution < -0.4 is 4.74 Å². The number of rotatable bonds is 5. The maximum absolute atomic E-state index is 13.1. The number of carboxylic acids is 1. The van der Waals surface area contributed by atoms with Gasteiger partial charge in [-0.1, -0.05) is 0 Å². The monoisotopic (exact) mass is 326 g/mol. The molecule has 0 radical (unpaired) electrons. The maximum atomic E-state index is 13.1. The summed E-state index contributed by atoms with van der Waals surface area (Å²) in [5.41, 5.74) is 2.13. The van der Waals surface area contributed by atoms with Crippen molar-refractivity contribution in [3.8, 4) is 22.7 Å². The topological polar surface area (TPSA) is 64.3 Å². The number of hydrogen-bond acceptors (Lipinski definition) is 3. The summed E-state index contributed by atoms with van der Waals surface area (Å²) in [6, 6.07) is 13.1. The molecular weight excluding hydrogens is 311 g/mol. The third kappa shape index (κ3) is 3.27. The largest absolute Gasteiger partial charge is 0.497 e. The first-order valence-corrected chi connectivity index (χ1v) is 7.27. The van der Waals surface area contributed by atoms with E-state index in [0.29, 0.717) is 17.2 Å². The minimum atomic E-state index is -0.981. The van der Waals surface area contributed by atoms with Crippen LogP contribution in [0.2, 0.25) is 0 Å². The molecule has 0 unspecified atom stereocenters. The van der Waals surface area contributed by atoms with Crippen molar-refractivity contribution in [2.24, 2.45) is 0 Å². The normalized spacial score (nSPS) is 10.6. The standard InChI is InChI=1S/C18H15FN2O3/c1-24-15-8-2-12(3-9-15)16-11-21(17(20-16)10-18(22)23)14-6-4-13(19)5-7-14/h2-9,11H,10H2,1H3,(H,22,23). The van der Waals surface area contributed by atoms with Crippen molar-refractivity contribution >= 4 is 5.97 Å². The highest BCUT2D eigenvalue weighted by atomic mass is 19.1. The lowest BCUT2D eigenvalue weighted by atomic mass is 10.1. The van der Waals surface area contributed by atoms with Gasteiger partial charge in [0, 0.05) is 17.4 Å². The minimum absolute atomic E-state index is 0.229. The molecule has 0 saturated carbocycles. The predicted octanol–water partition coefficient (Wildman–Crippen LogP) is 3.31. The Hall–Kier alpha value is -3.15. The molecular formula is C18H15FN2O3. The highest BCUT2D eigenvalue weighted by Gasteiger charge is 2.14. The van der Waals surface area contributed by atoms with Crippen molar-refractivity contribution in [3.63, 3.8) is 0 Å². The van der Waals surface area contributed by atoms with Crippen LogP contribution in [0.25, 0.3) is 16.9 Å². The van der Waals surface area contributed by atoms with Crippen molar-refractivity contribution in [1.82, 2.24) is 9.55 Å². The summed E-state index contributed by atoms with van der Waals surface area (Å²) in [4.78, 5) is 15.5. The SMILES string of the molecule is COc1ccc(-c2cn(-c3ccc(F)cc3)c(CC(=O)O)n2)cc1. The number of benzene rings is 2. The Balaban J connectivity index is 2.04. The second-order valence-electron chi connectivity index (χ2n) is 5.19. The molecule has 0 spiro atoms. The van der Waals surface area contributed by atoms with E-state index in [1.165, 1.54) is 12.1 Å². The van der Waals surface area contributed by atoms with Crippen LogP contribution >= 0.6 is 0 Å². The fourth-order valence-corrected chi connectivity index (χ4v) is 2.40. The van der Waals surface area contributed by atoms with E-state index in [2.05, 4.69) is 4.98 Å². The molecule has 5 nitrogen and oxygen atoms in total. The highest BCUT2D eigenvalue weighted by molar-refractivity contribution is 5.70. The second kappa shape index (κ2) is 6.54. The molecule has 0 atom stereocenters. The van der Waals surface area contributed by atoms with Gasteiger partial charge < -0.3 is 14.4 Å². The van der Waals surface area contributed by atoms with Crippen molar-refractivity contribution < 1.29 is 19.0 Å². The molecule has 0 aliphatic heterocycles. The van der Waals surface area contributed by atoms with E-state index >= 15 is 0 Å². The van der Waals surface area contributed by atoms with Gasteiger partial charge in [0.1, 0.15) is 23.8 Å². The van der Waals surface area contributed by atoms with E-state index in [9.17, 15) is 9.18 Å². The summed E-state index contributed by atoms with van der Waals surface area (Å²) in [6.45, 7) is 0. The number of halogens is 1. The van der Waals surface area contributed by atoms with E-state index in [1.54, 1.807) is 30.0 Å². The smallest absolute Gasteiger partial charge is 0.311 e. The first-order chi connectivity index (χ1) is 11.6.